The minimum atomic E-state index is -0.740. The number of rotatable bonds is 5. The van der Waals surface area contributed by atoms with Crippen molar-refractivity contribution in [1.82, 2.24) is 10.1 Å². The number of anilines is 2. The maximum atomic E-state index is 13.7. The van der Waals surface area contributed by atoms with Crippen LogP contribution in [0.15, 0.2) is 10.6 Å². The molecule has 0 unspecified atom stereocenters. The van der Waals surface area contributed by atoms with Crippen molar-refractivity contribution in [3.63, 3.8) is 0 Å². The number of halogens is 2. The van der Waals surface area contributed by atoms with Crippen LogP contribution in [0.25, 0.3) is 0 Å². The van der Waals surface area contributed by atoms with Crippen LogP contribution in [0.2, 0.25) is 0 Å². The number of nitrogens with one attached hydrogen (secondary N) is 2. The smallest absolute Gasteiger partial charge is 0.168 e. The molecule has 0 spiro atoms. The van der Waals surface area contributed by atoms with E-state index in [4.69, 9.17) is 4.52 Å². The number of aryl methyl sites for hydroxylation is 2. The molecule has 7 heteroatoms. The molecule has 5 nitrogen and oxygen atoms in total. The molecule has 0 aliphatic carbocycles. The second kappa shape index (κ2) is 5.85. The van der Waals surface area contributed by atoms with E-state index >= 15 is 0 Å². The van der Waals surface area contributed by atoms with E-state index < -0.39 is 11.6 Å². The van der Waals surface area contributed by atoms with Gasteiger partial charge in [-0.1, -0.05) is 5.16 Å². The molecule has 0 aliphatic heterocycles. The maximum Gasteiger partial charge on any atom is 0.168 e. The summed E-state index contributed by atoms with van der Waals surface area (Å²) in [7, 11) is 0. The summed E-state index contributed by atoms with van der Waals surface area (Å²) in [6.07, 6.45) is 0. The van der Waals surface area contributed by atoms with Gasteiger partial charge in [0.05, 0.1) is 5.69 Å². The molecule has 2 N–H and O–H groups in total. The molecular weight excluding hydrogens is 266 g/mol. The molecule has 0 amide bonds. The third-order valence-corrected chi connectivity index (χ3v) is 2.89. The molecular formula is C13H16F2N4O. The van der Waals surface area contributed by atoms with Crippen molar-refractivity contribution in [3.05, 3.63) is 34.7 Å². The number of aromatic nitrogens is 2. The highest BCUT2D eigenvalue weighted by Gasteiger charge is 2.13. The van der Waals surface area contributed by atoms with Gasteiger partial charge in [0.1, 0.15) is 5.76 Å². The number of hydrogen-bond acceptors (Lipinski definition) is 5. The van der Waals surface area contributed by atoms with E-state index in [2.05, 4.69) is 20.8 Å². The van der Waals surface area contributed by atoms with Crippen LogP contribution in [0, 0.1) is 25.5 Å². The van der Waals surface area contributed by atoms with E-state index in [1.807, 2.05) is 0 Å². The van der Waals surface area contributed by atoms with Crippen molar-refractivity contribution in [2.45, 2.75) is 27.3 Å². The average molecular weight is 282 g/mol. The Morgan fingerprint density at radius 2 is 1.80 bits per heavy atom. The van der Waals surface area contributed by atoms with Gasteiger partial charge in [-0.25, -0.2) is 13.8 Å². The maximum absolute atomic E-state index is 13.7. The topological polar surface area (TPSA) is 63.0 Å². The first-order valence-corrected chi connectivity index (χ1v) is 6.28. The summed E-state index contributed by atoms with van der Waals surface area (Å²) in [5, 5.41) is 9.38. The average Bonchev–Trinajstić information content (AvgIpc) is 2.71. The standard InChI is InChI=1S/C13H16F2N4O/c1-4-16-12-10(14)5-11(15)13(18-12)17-6-9-7(2)19-20-8(9)3/h5H,4,6H2,1-3H3,(H2,16,17,18). The molecule has 0 aromatic carbocycles. The Hall–Kier alpha value is -2.18. The fraction of sp³-hybridized carbons (Fsp3) is 0.385. The fourth-order valence-electron chi connectivity index (χ4n) is 1.81. The normalized spacial score (nSPS) is 10.7. The summed E-state index contributed by atoms with van der Waals surface area (Å²) in [6, 6.07) is 0.806. The molecule has 0 fully saturated rings. The van der Waals surface area contributed by atoms with Gasteiger partial charge in [-0.3, -0.25) is 0 Å². The molecule has 0 saturated heterocycles. The summed E-state index contributed by atoms with van der Waals surface area (Å²) < 4.78 is 32.1. The fourth-order valence-corrected chi connectivity index (χ4v) is 1.81. The van der Waals surface area contributed by atoms with Crippen LogP contribution in [-0.2, 0) is 6.54 Å². The Balaban J connectivity index is 2.19. The summed E-state index contributed by atoms with van der Waals surface area (Å²) in [4.78, 5) is 3.90. The molecule has 0 saturated carbocycles. The van der Waals surface area contributed by atoms with Crippen LogP contribution in [0.3, 0.4) is 0 Å². The minimum absolute atomic E-state index is 0.0117. The summed E-state index contributed by atoms with van der Waals surface area (Å²) in [5.41, 5.74) is 1.56. The van der Waals surface area contributed by atoms with Crippen molar-refractivity contribution >= 4 is 11.6 Å². The van der Waals surface area contributed by atoms with Crippen LogP contribution in [-0.4, -0.2) is 16.7 Å². The molecule has 108 valence electrons. The highest BCUT2D eigenvalue weighted by molar-refractivity contribution is 5.48. The SMILES string of the molecule is CCNc1nc(NCc2c(C)noc2C)c(F)cc1F. The summed E-state index contributed by atoms with van der Waals surface area (Å²) in [5.74, 6) is -0.787. The van der Waals surface area contributed by atoms with Gasteiger partial charge in [-0.05, 0) is 20.8 Å². The molecule has 0 aliphatic rings. The lowest BCUT2D eigenvalue weighted by molar-refractivity contribution is 0.392. The lowest BCUT2D eigenvalue weighted by Gasteiger charge is -2.10. The van der Waals surface area contributed by atoms with E-state index in [9.17, 15) is 8.78 Å². The van der Waals surface area contributed by atoms with Crippen LogP contribution in [0.5, 0.6) is 0 Å². The second-order valence-corrected chi connectivity index (χ2v) is 4.34. The van der Waals surface area contributed by atoms with Crippen LogP contribution in [0.4, 0.5) is 20.4 Å². The molecule has 2 rings (SSSR count). The molecule has 20 heavy (non-hydrogen) atoms. The zero-order chi connectivity index (χ0) is 14.7. The van der Waals surface area contributed by atoms with E-state index in [1.165, 1.54) is 0 Å². The Labute approximate surface area is 115 Å². The zero-order valence-electron chi connectivity index (χ0n) is 11.6. The van der Waals surface area contributed by atoms with Crippen molar-refractivity contribution in [1.29, 1.82) is 0 Å². The molecule has 0 bridgehead atoms. The zero-order valence-corrected chi connectivity index (χ0v) is 11.6. The minimum Gasteiger partial charge on any atom is -0.368 e. The van der Waals surface area contributed by atoms with Gasteiger partial charge in [-0.2, -0.15) is 0 Å². The molecule has 0 radical (unpaired) electrons. The quantitative estimate of drug-likeness (QED) is 0.882. The first-order valence-electron chi connectivity index (χ1n) is 6.28. The Morgan fingerprint density at radius 1 is 1.15 bits per heavy atom. The predicted octanol–water partition coefficient (Wildman–Crippen LogP) is 3.01. The Morgan fingerprint density at radius 3 is 2.35 bits per heavy atom. The first-order chi connectivity index (χ1) is 9.52. The van der Waals surface area contributed by atoms with E-state index in [1.54, 1.807) is 20.8 Å². The Bertz CT molecular complexity index is 593. The van der Waals surface area contributed by atoms with Gasteiger partial charge in [0.2, 0.25) is 0 Å². The first kappa shape index (κ1) is 14.2. The third kappa shape index (κ3) is 2.87. The van der Waals surface area contributed by atoms with Gasteiger partial charge in [-0.15, -0.1) is 0 Å². The van der Waals surface area contributed by atoms with Gasteiger partial charge in [0, 0.05) is 24.7 Å². The lowest BCUT2D eigenvalue weighted by atomic mass is 10.2. The largest absolute Gasteiger partial charge is 0.368 e. The monoisotopic (exact) mass is 282 g/mol. The van der Waals surface area contributed by atoms with E-state index in [-0.39, 0.29) is 11.6 Å². The van der Waals surface area contributed by atoms with Gasteiger partial charge in [0.15, 0.2) is 23.3 Å². The van der Waals surface area contributed by atoms with Crippen LogP contribution < -0.4 is 10.6 Å². The van der Waals surface area contributed by atoms with Crippen LogP contribution >= 0.6 is 0 Å². The highest BCUT2D eigenvalue weighted by atomic mass is 19.1. The van der Waals surface area contributed by atoms with Crippen molar-refractivity contribution in [2.24, 2.45) is 0 Å². The molecule has 0 atom stereocenters. The Kier molecular flexibility index (Phi) is 4.16. The molecule has 2 heterocycles. The van der Waals surface area contributed by atoms with Crippen molar-refractivity contribution < 1.29 is 13.3 Å². The molecule has 2 aromatic heterocycles. The number of hydrogen-bond donors (Lipinski definition) is 2. The van der Waals surface area contributed by atoms with Gasteiger partial charge >= 0.3 is 0 Å². The highest BCUT2D eigenvalue weighted by Crippen LogP contribution is 2.20. The summed E-state index contributed by atoms with van der Waals surface area (Å²) >= 11 is 0. The van der Waals surface area contributed by atoms with E-state index in [0.29, 0.717) is 18.8 Å². The predicted molar refractivity (Wildman–Crippen MR) is 71.6 cm³/mol. The van der Waals surface area contributed by atoms with Crippen LogP contribution in [0.1, 0.15) is 23.9 Å². The van der Waals surface area contributed by atoms with Gasteiger partial charge < -0.3 is 15.2 Å². The lowest BCUT2D eigenvalue weighted by Crippen LogP contribution is -2.09. The van der Waals surface area contributed by atoms with E-state index in [0.717, 1.165) is 17.3 Å². The van der Waals surface area contributed by atoms with Gasteiger partial charge in [0.25, 0.3) is 0 Å². The van der Waals surface area contributed by atoms with Crippen molar-refractivity contribution in [2.75, 3.05) is 17.2 Å². The number of nitrogens with zero attached hydrogens (tertiary/aromatic N) is 2. The third-order valence-electron chi connectivity index (χ3n) is 2.89. The summed E-state index contributed by atoms with van der Waals surface area (Å²) in [6.45, 7) is 6.18. The van der Waals surface area contributed by atoms with Crippen molar-refractivity contribution in [3.8, 4) is 0 Å². The molecule has 2 aromatic rings. The number of pyridine rings is 1. The second-order valence-electron chi connectivity index (χ2n) is 4.34.